The molecule has 4 heteroatoms. The van der Waals surface area contributed by atoms with Gasteiger partial charge >= 0.3 is 0 Å². The van der Waals surface area contributed by atoms with Crippen LogP contribution in [0.3, 0.4) is 0 Å². The smallest absolute Gasteiger partial charge is 0.202 e. The number of rotatable bonds is 2. The van der Waals surface area contributed by atoms with Crippen LogP contribution in [0.25, 0.3) is 0 Å². The maximum Gasteiger partial charge on any atom is 0.202 e. The molecule has 0 bridgehead atoms. The number of hydrogen-bond donors (Lipinski definition) is 1. The monoisotopic (exact) mass is 253 g/mol. The molecule has 0 atom stereocenters. The highest BCUT2D eigenvalue weighted by molar-refractivity contribution is 7.09. The van der Waals surface area contributed by atoms with Crippen LogP contribution in [0, 0.1) is 5.92 Å². The van der Waals surface area contributed by atoms with Gasteiger partial charge in [0.2, 0.25) is 5.13 Å². The third kappa shape index (κ3) is 3.41. The molecule has 1 N–H and O–H groups in total. The Bertz CT molecular complexity index is 359. The highest BCUT2D eigenvalue weighted by Crippen LogP contribution is 2.28. The minimum Gasteiger partial charge on any atom is -0.358 e. The quantitative estimate of drug-likeness (QED) is 0.870. The van der Waals surface area contributed by atoms with Crippen molar-refractivity contribution in [1.29, 1.82) is 0 Å². The maximum absolute atomic E-state index is 4.59. The minimum absolute atomic E-state index is 0.0531. The van der Waals surface area contributed by atoms with Gasteiger partial charge < -0.3 is 5.32 Å². The first-order valence-electron chi connectivity index (χ1n) is 6.56. The van der Waals surface area contributed by atoms with Gasteiger partial charge in [0.15, 0.2) is 0 Å². The van der Waals surface area contributed by atoms with E-state index in [0.717, 1.165) is 16.9 Å². The van der Waals surface area contributed by atoms with Crippen molar-refractivity contribution in [3.8, 4) is 0 Å². The van der Waals surface area contributed by atoms with E-state index in [9.17, 15) is 0 Å². The summed E-state index contributed by atoms with van der Waals surface area (Å²) in [5.41, 5.74) is 0.0531. The average molecular weight is 253 g/mol. The molecular weight excluding hydrogens is 230 g/mol. The Morgan fingerprint density at radius 3 is 2.35 bits per heavy atom. The molecule has 0 aliphatic heterocycles. The molecule has 1 aliphatic rings. The van der Waals surface area contributed by atoms with E-state index in [0.29, 0.717) is 6.04 Å². The molecule has 1 saturated carbocycles. The van der Waals surface area contributed by atoms with Crippen LogP contribution in [-0.4, -0.2) is 15.4 Å². The first-order valence-corrected chi connectivity index (χ1v) is 7.33. The fourth-order valence-electron chi connectivity index (χ4n) is 2.17. The molecule has 0 amide bonds. The van der Waals surface area contributed by atoms with Crippen LogP contribution in [0.2, 0.25) is 0 Å². The first-order chi connectivity index (χ1) is 7.95. The third-order valence-corrected chi connectivity index (χ3v) is 4.09. The van der Waals surface area contributed by atoms with Crippen LogP contribution >= 0.6 is 11.5 Å². The van der Waals surface area contributed by atoms with Gasteiger partial charge in [-0.25, -0.2) is 4.98 Å². The summed E-state index contributed by atoms with van der Waals surface area (Å²) >= 11 is 1.50. The van der Waals surface area contributed by atoms with Gasteiger partial charge in [-0.15, -0.1) is 0 Å². The lowest BCUT2D eigenvalue weighted by Crippen LogP contribution is -2.25. The Morgan fingerprint density at radius 1 is 1.18 bits per heavy atom. The van der Waals surface area contributed by atoms with Crippen molar-refractivity contribution in [3.63, 3.8) is 0 Å². The second-order valence-electron chi connectivity index (χ2n) is 6.27. The fraction of sp³-hybridized carbons (Fsp3) is 0.846. The average Bonchev–Trinajstić information content (AvgIpc) is 2.69. The van der Waals surface area contributed by atoms with Crippen molar-refractivity contribution in [2.24, 2.45) is 5.92 Å². The van der Waals surface area contributed by atoms with E-state index in [1.807, 2.05) is 0 Å². The number of hydrogen-bond acceptors (Lipinski definition) is 4. The second kappa shape index (κ2) is 4.92. The van der Waals surface area contributed by atoms with E-state index in [-0.39, 0.29) is 5.41 Å². The van der Waals surface area contributed by atoms with Gasteiger partial charge in [0, 0.05) is 23.0 Å². The molecule has 1 aliphatic carbocycles. The molecular formula is C13H23N3S. The predicted molar refractivity (Wildman–Crippen MR) is 73.7 cm³/mol. The van der Waals surface area contributed by atoms with Crippen LogP contribution in [-0.2, 0) is 5.41 Å². The summed E-state index contributed by atoms with van der Waals surface area (Å²) in [4.78, 5) is 4.59. The minimum atomic E-state index is 0.0531. The van der Waals surface area contributed by atoms with Crippen molar-refractivity contribution in [1.82, 2.24) is 9.36 Å². The molecule has 0 unspecified atom stereocenters. The largest absolute Gasteiger partial charge is 0.358 e. The van der Waals surface area contributed by atoms with Gasteiger partial charge in [0.1, 0.15) is 5.82 Å². The Morgan fingerprint density at radius 2 is 1.82 bits per heavy atom. The maximum atomic E-state index is 4.59. The zero-order valence-corrected chi connectivity index (χ0v) is 12.1. The molecule has 2 rings (SSSR count). The molecule has 1 aromatic heterocycles. The van der Waals surface area contributed by atoms with Crippen molar-refractivity contribution >= 4 is 16.7 Å². The van der Waals surface area contributed by atoms with E-state index < -0.39 is 0 Å². The van der Waals surface area contributed by atoms with Crippen LogP contribution in [0.5, 0.6) is 0 Å². The van der Waals surface area contributed by atoms with Crippen molar-refractivity contribution in [2.75, 3.05) is 5.32 Å². The Labute approximate surface area is 108 Å². The van der Waals surface area contributed by atoms with Crippen LogP contribution in [0.15, 0.2) is 0 Å². The van der Waals surface area contributed by atoms with E-state index in [1.165, 1.54) is 37.2 Å². The van der Waals surface area contributed by atoms with Gasteiger partial charge in [-0.05, 0) is 31.6 Å². The van der Waals surface area contributed by atoms with Gasteiger partial charge in [-0.3, -0.25) is 0 Å². The summed E-state index contributed by atoms with van der Waals surface area (Å²) in [5.74, 6) is 1.85. The fourth-order valence-corrected chi connectivity index (χ4v) is 3.00. The van der Waals surface area contributed by atoms with E-state index in [1.54, 1.807) is 0 Å². The Hall–Kier alpha value is -0.640. The number of aromatic nitrogens is 2. The first kappa shape index (κ1) is 12.8. The lowest BCUT2D eigenvalue weighted by molar-refractivity contribution is 0.361. The van der Waals surface area contributed by atoms with E-state index in [2.05, 4.69) is 42.4 Å². The summed E-state index contributed by atoms with van der Waals surface area (Å²) in [5, 5.41) is 4.53. The Kier molecular flexibility index (Phi) is 3.71. The van der Waals surface area contributed by atoms with Crippen molar-refractivity contribution < 1.29 is 0 Å². The molecule has 0 radical (unpaired) electrons. The third-order valence-electron chi connectivity index (χ3n) is 3.44. The molecule has 1 heterocycles. The highest BCUT2D eigenvalue weighted by Gasteiger charge is 2.22. The van der Waals surface area contributed by atoms with Crippen molar-refractivity contribution in [3.05, 3.63) is 5.82 Å². The summed E-state index contributed by atoms with van der Waals surface area (Å²) in [7, 11) is 0. The predicted octanol–water partition coefficient (Wildman–Crippen LogP) is 3.83. The van der Waals surface area contributed by atoms with E-state index >= 15 is 0 Å². The molecule has 96 valence electrons. The van der Waals surface area contributed by atoms with Crippen LogP contribution in [0.4, 0.5) is 5.13 Å². The van der Waals surface area contributed by atoms with Gasteiger partial charge in [-0.2, -0.15) is 4.37 Å². The normalized spacial score (nSPS) is 25.9. The number of anilines is 1. The van der Waals surface area contributed by atoms with E-state index in [4.69, 9.17) is 0 Å². The van der Waals surface area contributed by atoms with Crippen molar-refractivity contribution in [2.45, 2.75) is 64.8 Å². The second-order valence-corrected chi connectivity index (χ2v) is 7.03. The highest BCUT2D eigenvalue weighted by atomic mass is 32.1. The van der Waals surface area contributed by atoms with Gasteiger partial charge in [0.05, 0.1) is 0 Å². The lowest BCUT2D eigenvalue weighted by Gasteiger charge is -2.26. The summed E-state index contributed by atoms with van der Waals surface area (Å²) < 4.78 is 4.44. The Balaban J connectivity index is 1.93. The van der Waals surface area contributed by atoms with Crippen LogP contribution in [0.1, 0.15) is 59.2 Å². The molecule has 17 heavy (non-hydrogen) atoms. The van der Waals surface area contributed by atoms with Gasteiger partial charge in [0.25, 0.3) is 0 Å². The molecule has 0 aromatic carbocycles. The molecule has 1 fully saturated rings. The lowest BCUT2D eigenvalue weighted by atomic mass is 9.87. The molecule has 3 nitrogen and oxygen atoms in total. The molecule has 1 aromatic rings. The zero-order chi connectivity index (χ0) is 12.5. The standard InChI is InChI=1S/C13H23N3S/c1-9-5-7-10(8-6-9)14-12-15-11(16-17-12)13(2,3)4/h9-10H,5-8H2,1-4H3,(H,14,15,16). The SMILES string of the molecule is CC1CCC(Nc2nc(C(C)(C)C)ns2)CC1. The number of nitrogens with one attached hydrogen (secondary N) is 1. The number of nitrogens with zero attached hydrogens (tertiary/aromatic N) is 2. The summed E-state index contributed by atoms with van der Waals surface area (Å²) in [6.07, 6.45) is 5.21. The topological polar surface area (TPSA) is 37.8 Å². The summed E-state index contributed by atoms with van der Waals surface area (Å²) in [6.45, 7) is 8.81. The summed E-state index contributed by atoms with van der Waals surface area (Å²) in [6, 6.07) is 0.604. The zero-order valence-electron chi connectivity index (χ0n) is 11.3. The van der Waals surface area contributed by atoms with Gasteiger partial charge in [-0.1, -0.05) is 27.7 Å². The molecule has 0 spiro atoms. The van der Waals surface area contributed by atoms with Crippen LogP contribution < -0.4 is 5.32 Å². The molecule has 0 saturated heterocycles.